The number of methoxy groups -OCH3 is 3. The van der Waals surface area contributed by atoms with Gasteiger partial charge in [0.1, 0.15) is 8.07 Å². The van der Waals surface area contributed by atoms with Crippen LogP contribution < -0.4 is 14.2 Å². The molecule has 1 aromatic carbocycles. The normalized spacial score (nSPS) is 10.3. The molecule has 0 saturated heterocycles. The number of rotatable bonds is 3. The van der Waals surface area contributed by atoms with Crippen molar-refractivity contribution in [3.8, 4) is 28.7 Å². The van der Waals surface area contributed by atoms with E-state index < -0.39 is 8.07 Å². The van der Waals surface area contributed by atoms with Crippen LogP contribution in [0.1, 0.15) is 5.56 Å². The average Bonchev–Trinajstić information content (AvgIpc) is 2.33. The quantitative estimate of drug-likeness (QED) is 0.620. The van der Waals surface area contributed by atoms with Crippen LogP contribution in [-0.4, -0.2) is 29.4 Å². The molecule has 1 rings (SSSR count). The van der Waals surface area contributed by atoms with Gasteiger partial charge in [0.15, 0.2) is 11.5 Å². The largest absolute Gasteiger partial charge is 0.493 e. The molecule has 0 amide bonds. The summed E-state index contributed by atoms with van der Waals surface area (Å²) in [5.74, 6) is 5.05. The molecule has 0 aliphatic rings. The summed E-state index contributed by atoms with van der Waals surface area (Å²) >= 11 is 0. The van der Waals surface area contributed by atoms with Crippen molar-refractivity contribution < 1.29 is 14.2 Å². The Kier molecular flexibility index (Phi) is 4.68. The molecule has 1 aromatic rings. The summed E-state index contributed by atoms with van der Waals surface area (Å²) < 4.78 is 15.8. The van der Waals surface area contributed by atoms with Gasteiger partial charge < -0.3 is 14.2 Å². The Morgan fingerprint density at radius 2 is 1.39 bits per heavy atom. The van der Waals surface area contributed by atoms with Crippen LogP contribution in [0, 0.1) is 11.5 Å². The van der Waals surface area contributed by atoms with Gasteiger partial charge in [-0.15, -0.1) is 5.54 Å². The third-order valence-corrected chi connectivity index (χ3v) is 3.12. The van der Waals surface area contributed by atoms with Crippen molar-refractivity contribution in [3.63, 3.8) is 0 Å². The lowest BCUT2D eigenvalue weighted by Gasteiger charge is -2.12. The van der Waals surface area contributed by atoms with Crippen molar-refractivity contribution in [2.75, 3.05) is 21.3 Å². The van der Waals surface area contributed by atoms with Gasteiger partial charge in [0.05, 0.1) is 21.3 Å². The molecule has 0 spiro atoms. The fourth-order valence-electron chi connectivity index (χ4n) is 1.41. The minimum Gasteiger partial charge on any atom is -0.493 e. The molecular weight excluding hydrogens is 244 g/mol. The highest BCUT2D eigenvalue weighted by Crippen LogP contribution is 2.37. The maximum atomic E-state index is 5.29. The maximum Gasteiger partial charge on any atom is 0.203 e. The fraction of sp³-hybridized carbons (Fsp3) is 0.429. The van der Waals surface area contributed by atoms with Crippen LogP contribution in [0.25, 0.3) is 0 Å². The lowest BCUT2D eigenvalue weighted by atomic mass is 10.2. The second-order valence-corrected chi connectivity index (χ2v) is 9.66. The third kappa shape index (κ3) is 3.71. The molecule has 18 heavy (non-hydrogen) atoms. The van der Waals surface area contributed by atoms with E-state index in [4.69, 9.17) is 14.2 Å². The molecule has 0 unspecified atom stereocenters. The molecule has 0 aromatic heterocycles. The highest BCUT2D eigenvalue weighted by molar-refractivity contribution is 6.83. The predicted molar refractivity (Wildman–Crippen MR) is 76.3 cm³/mol. The van der Waals surface area contributed by atoms with Crippen molar-refractivity contribution in [2.24, 2.45) is 0 Å². The molecule has 0 aliphatic heterocycles. The molecule has 0 atom stereocenters. The lowest BCUT2D eigenvalue weighted by Crippen LogP contribution is -2.16. The zero-order chi connectivity index (χ0) is 13.8. The highest BCUT2D eigenvalue weighted by Gasteiger charge is 2.13. The van der Waals surface area contributed by atoms with Crippen molar-refractivity contribution in [2.45, 2.75) is 19.6 Å². The van der Waals surface area contributed by atoms with Crippen molar-refractivity contribution in [1.29, 1.82) is 0 Å². The predicted octanol–water partition coefficient (Wildman–Crippen LogP) is 2.94. The van der Waals surface area contributed by atoms with Gasteiger partial charge in [-0.3, -0.25) is 0 Å². The van der Waals surface area contributed by atoms with E-state index in [2.05, 4.69) is 31.1 Å². The van der Waals surface area contributed by atoms with Crippen molar-refractivity contribution in [3.05, 3.63) is 17.7 Å². The molecule has 0 N–H and O–H groups in total. The summed E-state index contributed by atoms with van der Waals surface area (Å²) in [5, 5.41) is 0. The summed E-state index contributed by atoms with van der Waals surface area (Å²) in [6, 6.07) is 3.74. The molecule has 0 fully saturated rings. The van der Waals surface area contributed by atoms with Crippen LogP contribution in [0.5, 0.6) is 17.2 Å². The Morgan fingerprint density at radius 1 is 0.889 bits per heavy atom. The van der Waals surface area contributed by atoms with Crippen LogP contribution in [-0.2, 0) is 0 Å². The summed E-state index contributed by atoms with van der Waals surface area (Å²) in [6.07, 6.45) is 0. The summed E-state index contributed by atoms with van der Waals surface area (Å²) in [7, 11) is 3.41. The fourth-order valence-corrected chi connectivity index (χ4v) is 1.93. The molecule has 0 aliphatic carbocycles. The maximum absolute atomic E-state index is 5.29. The minimum absolute atomic E-state index is 0.596. The lowest BCUT2D eigenvalue weighted by molar-refractivity contribution is 0.324. The van der Waals surface area contributed by atoms with Gasteiger partial charge in [0.25, 0.3) is 0 Å². The molecule has 0 bridgehead atoms. The van der Waals surface area contributed by atoms with Crippen LogP contribution in [0.2, 0.25) is 19.6 Å². The van der Waals surface area contributed by atoms with E-state index in [1.165, 1.54) is 0 Å². The number of benzene rings is 1. The minimum atomic E-state index is -1.39. The van der Waals surface area contributed by atoms with Gasteiger partial charge in [0.2, 0.25) is 5.75 Å². The second-order valence-electron chi connectivity index (χ2n) is 4.91. The van der Waals surface area contributed by atoms with Gasteiger partial charge >= 0.3 is 0 Å². The summed E-state index contributed by atoms with van der Waals surface area (Å²) in [6.45, 7) is 6.62. The van der Waals surface area contributed by atoms with E-state index in [9.17, 15) is 0 Å². The zero-order valence-corrected chi connectivity index (χ0v) is 12.9. The van der Waals surface area contributed by atoms with E-state index in [0.29, 0.717) is 17.2 Å². The smallest absolute Gasteiger partial charge is 0.203 e. The van der Waals surface area contributed by atoms with Crippen LogP contribution in [0.15, 0.2) is 12.1 Å². The number of ether oxygens (including phenoxy) is 3. The van der Waals surface area contributed by atoms with E-state index in [0.717, 1.165) is 5.56 Å². The molecular formula is C14H20O3Si. The molecule has 98 valence electrons. The SMILES string of the molecule is COc1cc(C#C[Si](C)(C)C)cc(OC)c1OC. The number of hydrogen-bond donors (Lipinski definition) is 0. The molecule has 0 saturated carbocycles. The van der Waals surface area contributed by atoms with Gasteiger partial charge in [-0.25, -0.2) is 0 Å². The van der Waals surface area contributed by atoms with Gasteiger partial charge in [0, 0.05) is 5.56 Å². The third-order valence-electron chi connectivity index (χ3n) is 2.25. The summed E-state index contributed by atoms with van der Waals surface area (Å²) in [5.41, 5.74) is 4.20. The van der Waals surface area contributed by atoms with Gasteiger partial charge in [-0.05, 0) is 12.1 Å². The topological polar surface area (TPSA) is 27.7 Å². The molecule has 0 radical (unpaired) electrons. The Morgan fingerprint density at radius 3 is 1.72 bits per heavy atom. The molecule has 3 nitrogen and oxygen atoms in total. The Labute approximate surface area is 110 Å². The Hall–Kier alpha value is -1.60. The highest BCUT2D eigenvalue weighted by atomic mass is 28.3. The van der Waals surface area contributed by atoms with Crippen LogP contribution in [0.4, 0.5) is 0 Å². The Balaban J connectivity index is 3.26. The summed E-state index contributed by atoms with van der Waals surface area (Å²) in [4.78, 5) is 0. The molecule has 4 heteroatoms. The standard InChI is InChI=1S/C14H20O3Si/c1-15-12-9-11(7-8-18(4,5)6)10-13(16-2)14(12)17-3/h9-10H,1-6H3. The van der Waals surface area contributed by atoms with E-state index in [1.807, 2.05) is 12.1 Å². The van der Waals surface area contributed by atoms with Crippen molar-refractivity contribution in [1.82, 2.24) is 0 Å². The van der Waals surface area contributed by atoms with Crippen LogP contribution in [0.3, 0.4) is 0 Å². The Bertz CT molecular complexity index is 453. The second kappa shape index (κ2) is 5.83. The molecule has 0 heterocycles. The first kappa shape index (κ1) is 14.5. The van der Waals surface area contributed by atoms with Gasteiger partial charge in [-0.1, -0.05) is 25.6 Å². The van der Waals surface area contributed by atoms with Crippen LogP contribution >= 0.6 is 0 Å². The van der Waals surface area contributed by atoms with E-state index in [1.54, 1.807) is 21.3 Å². The first-order chi connectivity index (χ1) is 8.41. The van der Waals surface area contributed by atoms with E-state index >= 15 is 0 Å². The first-order valence-corrected chi connectivity index (χ1v) is 9.24. The average molecular weight is 264 g/mol. The zero-order valence-electron chi connectivity index (χ0n) is 11.9. The van der Waals surface area contributed by atoms with Crippen molar-refractivity contribution >= 4 is 8.07 Å². The first-order valence-electron chi connectivity index (χ1n) is 5.74. The monoisotopic (exact) mass is 264 g/mol. The van der Waals surface area contributed by atoms with Gasteiger partial charge in [-0.2, -0.15) is 0 Å². The number of hydrogen-bond acceptors (Lipinski definition) is 3. The van der Waals surface area contributed by atoms with E-state index in [-0.39, 0.29) is 0 Å².